The van der Waals surface area contributed by atoms with Gasteiger partial charge in [-0.3, -0.25) is 18.7 Å². The highest BCUT2D eigenvalue weighted by Crippen LogP contribution is 2.30. The topological polar surface area (TPSA) is 106 Å². The summed E-state index contributed by atoms with van der Waals surface area (Å²) < 4.78 is 19.1. The van der Waals surface area contributed by atoms with Gasteiger partial charge in [0, 0.05) is 31.3 Å². The van der Waals surface area contributed by atoms with Crippen molar-refractivity contribution in [2.75, 3.05) is 13.2 Å². The summed E-state index contributed by atoms with van der Waals surface area (Å²) >= 11 is 0. The van der Waals surface area contributed by atoms with Gasteiger partial charge in [0.15, 0.2) is 17.3 Å². The van der Waals surface area contributed by atoms with E-state index in [2.05, 4.69) is 0 Å². The van der Waals surface area contributed by atoms with Gasteiger partial charge in [-0.25, -0.2) is 9.59 Å². The number of esters is 1. The minimum absolute atomic E-state index is 0.0682. The molecular weight excluding hydrogens is 464 g/mol. The first-order valence-corrected chi connectivity index (χ1v) is 11.7. The van der Waals surface area contributed by atoms with Crippen LogP contribution in [-0.4, -0.2) is 34.1 Å². The molecule has 0 aliphatic rings. The van der Waals surface area contributed by atoms with Gasteiger partial charge in [0.1, 0.15) is 6.61 Å². The summed E-state index contributed by atoms with van der Waals surface area (Å²) in [4.78, 5) is 50.4. The third-order valence-corrected chi connectivity index (χ3v) is 5.50. The molecule has 0 N–H and O–H groups in total. The Kier molecular flexibility index (Phi) is 8.83. The lowest BCUT2D eigenvalue weighted by atomic mass is 9.98. The molecule has 0 spiro atoms. The number of benzene rings is 2. The Morgan fingerprint density at radius 3 is 2.11 bits per heavy atom. The second-order valence-corrected chi connectivity index (χ2v) is 8.18. The Hall–Kier alpha value is -4.14. The Morgan fingerprint density at radius 1 is 0.806 bits per heavy atom. The third-order valence-electron chi connectivity index (χ3n) is 5.50. The molecule has 9 heteroatoms. The summed E-state index contributed by atoms with van der Waals surface area (Å²) in [7, 11) is 2.85. The molecule has 2 aromatic carbocycles. The maximum absolute atomic E-state index is 13.4. The maximum atomic E-state index is 13.4. The lowest BCUT2D eigenvalue weighted by Gasteiger charge is -2.14. The first kappa shape index (κ1) is 26.5. The van der Waals surface area contributed by atoms with E-state index in [1.54, 1.807) is 36.4 Å². The largest absolute Gasteiger partial charge is 0.490 e. The molecule has 3 rings (SSSR count). The van der Waals surface area contributed by atoms with Gasteiger partial charge < -0.3 is 14.2 Å². The molecule has 0 fully saturated rings. The fourth-order valence-electron chi connectivity index (χ4n) is 3.45. The highest BCUT2D eigenvalue weighted by atomic mass is 16.5. The lowest BCUT2D eigenvalue weighted by molar-refractivity contribution is 0.0460. The van der Waals surface area contributed by atoms with Crippen LogP contribution in [-0.2, 0) is 25.4 Å². The number of hydrogen-bond donors (Lipinski definition) is 0. The van der Waals surface area contributed by atoms with Crippen molar-refractivity contribution in [3.05, 3.63) is 91.8 Å². The number of hydrogen-bond acceptors (Lipinski definition) is 7. The fourth-order valence-corrected chi connectivity index (χ4v) is 3.45. The monoisotopic (exact) mass is 494 g/mol. The van der Waals surface area contributed by atoms with Crippen LogP contribution in [0, 0.1) is 0 Å². The van der Waals surface area contributed by atoms with Crippen molar-refractivity contribution in [1.82, 2.24) is 9.13 Å². The molecule has 9 nitrogen and oxygen atoms in total. The lowest BCUT2D eigenvalue weighted by Crippen LogP contribution is -2.38. The zero-order chi connectivity index (χ0) is 26.2. The average Bonchev–Trinajstić information content (AvgIpc) is 2.90. The fraction of sp³-hybridized carbons (Fsp3) is 0.333. The smallest absolute Gasteiger partial charge is 0.339 e. The Morgan fingerprint density at radius 2 is 1.44 bits per heavy atom. The van der Waals surface area contributed by atoms with Crippen LogP contribution in [0.3, 0.4) is 0 Å². The second-order valence-electron chi connectivity index (χ2n) is 8.18. The number of carbonyl (C=O) groups is 2. The number of rotatable bonds is 11. The van der Waals surface area contributed by atoms with Crippen LogP contribution in [0.4, 0.5) is 0 Å². The molecule has 0 amide bonds. The van der Waals surface area contributed by atoms with E-state index < -0.39 is 17.2 Å². The molecule has 36 heavy (non-hydrogen) atoms. The molecule has 0 saturated heterocycles. The number of ketones is 1. The van der Waals surface area contributed by atoms with Crippen molar-refractivity contribution >= 4 is 11.8 Å². The normalized spacial score (nSPS) is 10.7. The van der Waals surface area contributed by atoms with Crippen LogP contribution < -0.4 is 20.7 Å². The van der Waals surface area contributed by atoms with E-state index in [9.17, 15) is 19.2 Å². The van der Waals surface area contributed by atoms with Crippen LogP contribution in [0.2, 0.25) is 0 Å². The van der Waals surface area contributed by atoms with Crippen molar-refractivity contribution in [3.8, 4) is 11.5 Å². The molecule has 0 aliphatic heterocycles. The third kappa shape index (κ3) is 5.91. The van der Waals surface area contributed by atoms with Crippen LogP contribution >= 0.6 is 0 Å². The van der Waals surface area contributed by atoms with Crippen molar-refractivity contribution in [3.63, 3.8) is 0 Å². The van der Waals surface area contributed by atoms with E-state index >= 15 is 0 Å². The van der Waals surface area contributed by atoms with Crippen LogP contribution in [0.25, 0.3) is 0 Å². The van der Waals surface area contributed by atoms with Gasteiger partial charge in [0.2, 0.25) is 0 Å². The molecule has 0 aliphatic carbocycles. The second kappa shape index (κ2) is 12.0. The summed E-state index contributed by atoms with van der Waals surface area (Å²) in [6.07, 6.45) is 1.62. The molecular formula is C27H30N2O7. The van der Waals surface area contributed by atoms with Crippen molar-refractivity contribution in [1.29, 1.82) is 0 Å². The van der Waals surface area contributed by atoms with E-state index in [1.807, 2.05) is 13.8 Å². The molecule has 1 heterocycles. The zero-order valence-electron chi connectivity index (χ0n) is 20.9. The number of carbonyl (C=O) groups excluding carboxylic acids is 2. The van der Waals surface area contributed by atoms with Gasteiger partial charge in [0.25, 0.3) is 5.56 Å². The van der Waals surface area contributed by atoms with Crippen LogP contribution in [0.15, 0.2) is 58.1 Å². The SMILES string of the molecule is CCCOc1ccc(C(=O)c2ccccc2C(=O)OCc2cc(=O)n(C)c(=O)n2C)cc1OCCC. The predicted molar refractivity (Wildman–Crippen MR) is 134 cm³/mol. The van der Waals surface area contributed by atoms with Gasteiger partial charge in [0.05, 0.1) is 24.5 Å². The van der Waals surface area contributed by atoms with Crippen molar-refractivity contribution < 1.29 is 23.8 Å². The molecule has 0 radical (unpaired) electrons. The highest BCUT2D eigenvalue weighted by Gasteiger charge is 2.21. The van der Waals surface area contributed by atoms with E-state index in [4.69, 9.17) is 14.2 Å². The molecule has 0 unspecified atom stereocenters. The summed E-state index contributed by atoms with van der Waals surface area (Å²) in [6, 6.07) is 12.5. The van der Waals surface area contributed by atoms with Crippen molar-refractivity contribution in [2.24, 2.45) is 14.1 Å². The Balaban J connectivity index is 1.87. The van der Waals surface area contributed by atoms with Gasteiger partial charge in [-0.15, -0.1) is 0 Å². The Bertz CT molecular complexity index is 1370. The highest BCUT2D eigenvalue weighted by molar-refractivity contribution is 6.14. The molecule has 0 bridgehead atoms. The first-order chi connectivity index (χ1) is 17.3. The van der Waals surface area contributed by atoms with E-state index in [1.165, 1.54) is 30.8 Å². The van der Waals surface area contributed by atoms with Crippen LogP contribution in [0.1, 0.15) is 58.7 Å². The van der Waals surface area contributed by atoms with Gasteiger partial charge >= 0.3 is 11.7 Å². The Labute approximate surface area is 208 Å². The van der Waals surface area contributed by atoms with Gasteiger partial charge in [-0.1, -0.05) is 32.0 Å². The summed E-state index contributed by atoms with van der Waals surface area (Å²) in [5.74, 6) is -0.124. The standard InChI is InChI=1S/C27H30N2O7/c1-5-13-34-22-12-11-18(15-23(22)35-14-6-2)25(31)20-9-7-8-10-21(20)26(32)36-17-19-16-24(30)29(4)27(33)28(19)3/h7-12,15-16H,5-6,13-14,17H2,1-4H3. The number of aromatic nitrogens is 2. The van der Waals surface area contributed by atoms with E-state index in [0.717, 1.165) is 17.4 Å². The minimum Gasteiger partial charge on any atom is -0.490 e. The van der Waals surface area contributed by atoms with E-state index in [-0.39, 0.29) is 29.2 Å². The number of nitrogens with zero attached hydrogens (tertiary/aromatic N) is 2. The van der Waals surface area contributed by atoms with Crippen LogP contribution in [0.5, 0.6) is 11.5 Å². The molecule has 0 atom stereocenters. The summed E-state index contributed by atoms with van der Waals surface area (Å²) in [6.45, 7) is 4.66. The molecule has 190 valence electrons. The quantitative estimate of drug-likeness (QED) is 0.298. The molecule has 0 saturated carbocycles. The van der Waals surface area contributed by atoms with Crippen molar-refractivity contribution in [2.45, 2.75) is 33.3 Å². The predicted octanol–water partition coefficient (Wildman–Crippen LogP) is 3.25. The maximum Gasteiger partial charge on any atom is 0.339 e. The van der Waals surface area contributed by atoms with E-state index in [0.29, 0.717) is 30.3 Å². The summed E-state index contributed by atoms with van der Waals surface area (Å²) in [5, 5.41) is 0. The summed E-state index contributed by atoms with van der Waals surface area (Å²) in [5.41, 5.74) is -0.244. The minimum atomic E-state index is -0.752. The molecule has 3 aromatic rings. The molecule has 1 aromatic heterocycles. The van der Waals surface area contributed by atoms with Gasteiger partial charge in [-0.2, -0.15) is 0 Å². The first-order valence-electron chi connectivity index (χ1n) is 11.7. The zero-order valence-corrected chi connectivity index (χ0v) is 20.9. The number of ether oxygens (including phenoxy) is 3. The average molecular weight is 495 g/mol. The van der Waals surface area contributed by atoms with Gasteiger partial charge in [-0.05, 0) is 37.1 Å².